The summed E-state index contributed by atoms with van der Waals surface area (Å²) in [7, 11) is -2.20. The van der Waals surface area contributed by atoms with E-state index in [9.17, 15) is 18.3 Å². The number of sulfone groups is 1. The van der Waals surface area contributed by atoms with Gasteiger partial charge in [0.2, 0.25) is 0 Å². The quantitative estimate of drug-likeness (QED) is 0.327. The van der Waals surface area contributed by atoms with Crippen LogP contribution in [0.5, 0.6) is 5.75 Å². The Morgan fingerprint density at radius 1 is 0.912 bits per heavy atom. The minimum Gasteiger partial charge on any atom is -0.507 e. The van der Waals surface area contributed by atoms with E-state index in [0.717, 1.165) is 6.26 Å². The fourth-order valence-electron chi connectivity index (χ4n) is 3.05. The SMILES string of the molecule is COC(=O)c1ccc(C(=N)/N=C(\N=C(/C)c2cc(S(C)(=O)=O)ccc2O)c2ccccc2)cc1. The number of hydrogen-bond donors (Lipinski definition) is 2. The van der Waals surface area contributed by atoms with Crippen LogP contribution in [0.15, 0.2) is 87.7 Å². The predicted molar refractivity (Wildman–Crippen MR) is 131 cm³/mol. The minimum absolute atomic E-state index is 0.0477. The summed E-state index contributed by atoms with van der Waals surface area (Å²) in [4.78, 5) is 20.6. The van der Waals surface area contributed by atoms with E-state index in [1.54, 1.807) is 43.3 Å². The van der Waals surface area contributed by atoms with Crippen LogP contribution in [-0.4, -0.2) is 50.2 Å². The summed E-state index contributed by atoms with van der Waals surface area (Å²) in [5.41, 5.74) is 1.98. The highest BCUT2D eigenvalue weighted by atomic mass is 32.2. The number of nitrogens with zero attached hydrogens (tertiary/aromatic N) is 2. The molecule has 0 aliphatic heterocycles. The van der Waals surface area contributed by atoms with Crippen molar-refractivity contribution in [1.29, 1.82) is 5.41 Å². The van der Waals surface area contributed by atoms with Gasteiger partial charge in [0.1, 0.15) is 5.75 Å². The molecule has 2 N–H and O–H groups in total. The Kier molecular flexibility index (Phi) is 7.37. The average Bonchev–Trinajstić information content (AvgIpc) is 2.83. The molecule has 3 aromatic carbocycles. The summed E-state index contributed by atoms with van der Waals surface area (Å²) < 4.78 is 28.6. The second kappa shape index (κ2) is 10.2. The first-order valence-corrected chi connectivity index (χ1v) is 12.0. The van der Waals surface area contributed by atoms with Gasteiger partial charge < -0.3 is 9.84 Å². The molecule has 0 aliphatic carbocycles. The number of carbonyl (C=O) groups is 1. The van der Waals surface area contributed by atoms with Gasteiger partial charge in [0.15, 0.2) is 21.5 Å². The van der Waals surface area contributed by atoms with Crippen LogP contribution in [0.2, 0.25) is 0 Å². The molecular weight excluding hydrogens is 454 g/mol. The molecule has 8 nitrogen and oxygen atoms in total. The number of hydrogen-bond acceptors (Lipinski definition) is 6. The number of amidine groups is 2. The van der Waals surface area contributed by atoms with Crippen molar-refractivity contribution >= 4 is 33.2 Å². The summed E-state index contributed by atoms with van der Waals surface area (Å²) in [6.45, 7) is 1.62. The van der Waals surface area contributed by atoms with E-state index in [1.165, 1.54) is 37.4 Å². The lowest BCUT2D eigenvalue weighted by molar-refractivity contribution is 0.0600. The molecule has 0 saturated carbocycles. The smallest absolute Gasteiger partial charge is 0.337 e. The maximum atomic E-state index is 11.9. The molecule has 0 atom stereocenters. The van der Waals surface area contributed by atoms with Crippen LogP contribution in [0.25, 0.3) is 0 Å². The Hall–Kier alpha value is -4.11. The first-order valence-electron chi connectivity index (χ1n) is 10.1. The van der Waals surface area contributed by atoms with Gasteiger partial charge >= 0.3 is 5.97 Å². The molecule has 9 heteroatoms. The lowest BCUT2D eigenvalue weighted by Gasteiger charge is -2.09. The molecule has 3 aromatic rings. The molecule has 174 valence electrons. The topological polar surface area (TPSA) is 129 Å². The lowest BCUT2D eigenvalue weighted by Crippen LogP contribution is -2.09. The number of nitrogens with one attached hydrogen (secondary N) is 1. The normalized spacial score (nSPS) is 12.3. The van der Waals surface area contributed by atoms with E-state index in [0.29, 0.717) is 22.4 Å². The largest absolute Gasteiger partial charge is 0.507 e. The highest BCUT2D eigenvalue weighted by molar-refractivity contribution is 7.90. The number of phenols is 1. The van der Waals surface area contributed by atoms with Crippen molar-refractivity contribution in [2.24, 2.45) is 9.98 Å². The van der Waals surface area contributed by atoms with E-state index < -0.39 is 15.8 Å². The van der Waals surface area contributed by atoms with Crippen LogP contribution >= 0.6 is 0 Å². The van der Waals surface area contributed by atoms with Crippen LogP contribution in [0.4, 0.5) is 0 Å². The van der Waals surface area contributed by atoms with Gasteiger partial charge in [0.05, 0.1) is 23.3 Å². The van der Waals surface area contributed by atoms with E-state index in [2.05, 4.69) is 14.7 Å². The molecule has 0 unspecified atom stereocenters. The summed E-state index contributed by atoms with van der Waals surface area (Å²) >= 11 is 0. The molecule has 0 spiro atoms. The molecule has 0 saturated heterocycles. The number of carbonyl (C=O) groups excluding carboxylic acids is 1. The van der Waals surface area contributed by atoms with E-state index in [4.69, 9.17) is 5.41 Å². The number of aliphatic imine (C=N–C) groups is 2. The first-order chi connectivity index (χ1) is 16.1. The Bertz CT molecular complexity index is 1390. The van der Waals surface area contributed by atoms with Crippen molar-refractivity contribution in [2.75, 3.05) is 13.4 Å². The molecule has 0 radical (unpaired) electrons. The monoisotopic (exact) mass is 477 g/mol. The lowest BCUT2D eigenvalue weighted by atomic mass is 10.1. The first kappa shape index (κ1) is 24.5. The van der Waals surface area contributed by atoms with Gasteiger partial charge in [0, 0.05) is 22.9 Å². The maximum absolute atomic E-state index is 11.9. The fraction of sp³-hybridized carbons (Fsp3) is 0.120. The minimum atomic E-state index is -3.49. The highest BCUT2D eigenvalue weighted by Gasteiger charge is 2.14. The number of benzene rings is 3. The maximum Gasteiger partial charge on any atom is 0.337 e. The van der Waals surface area contributed by atoms with Crippen molar-refractivity contribution in [3.8, 4) is 5.75 Å². The van der Waals surface area contributed by atoms with Crippen LogP contribution in [0, 0.1) is 5.41 Å². The van der Waals surface area contributed by atoms with Gasteiger partial charge in [-0.2, -0.15) is 0 Å². The summed E-state index contributed by atoms with van der Waals surface area (Å²) in [6, 6.07) is 19.2. The zero-order chi connectivity index (χ0) is 24.9. The van der Waals surface area contributed by atoms with Gasteiger partial charge in [-0.1, -0.05) is 42.5 Å². The standard InChI is InChI=1S/C25H23N3O5S/c1-16(21-15-20(34(3,31)32)13-14-22(21)29)27-24(18-7-5-4-6-8-18)28-23(26)17-9-11-19(12-10-17)25(30)33-2/h4-15,26,29H,1-3H3/b26-23?,27-16+,28-24-. The second-order valence-corrected chi connectivity index (χ2v) is 9.38. The Morgan fingerprint density at radius 2 is 1.53 bits per heavy atom. The van der Waals surface area contributed by atoms with Crippen LogP contribution in [0.1, 0.15) is 34.0 Å². The Morgan fingerprint density at radius 3 is 2.12 bits per heavy atom. The van der Waals surface area contributed by atoms with E-state index >= 15 is 0 Å². The molecule has 3 rings (SSSR count). The van der Waals surface area contributed by atoms with Gasteiger partial charge in [-0.3, -0.25) is 5.41 Å². The van der Waals surface area contributed by atoms with Crippen molar-refractivity contribution in [3.05, 3.63) is 95.1 Å². The fourth-order valence-corrected chi connectivity index (χ4v) is 3.70. The van der Waals surface area contributed by atoms with Gasteiger partial charge in [-0.15, -0.1) is 0 Å². The van der Waals surface area contributed by atoms with Crippen molar-refractivity contribution in [1.82, 2.24) is 0 Å². The average molecular weight is 478 g/mol. The zero-order valence-electron chi connectivity index (χ0n) is 18.8. The van der Waals surface area contributed by atoms with Gasteiger partial charge in [0.25, 0.3) is 0 Å². The Labute approximate surface area is 197 Å². The zero-order valence-corrected chi connectivity index (χ0v) is 19.6. The number of methoxy groups -OCH3 is 1. The highest BCUT2D eigenvalue weighted by Crippen LogP contribution is 2.23. The van der Waals surface area contributed by atoms with E-state index in [1.807, 2.05) is 6.07 Å². The van der Waals surface area contributed by atoms with Crippen molar-refractivity contribution in [3.63, 3.8) is 0 Å². The van der Waals surface area contributed by atoms with Gasteiger partial charge in [-0.05, 0) is 37.3 Å². The van der Waals surface area contributed by atoms with Crippen LogP contribution in [-0.2, 0) is 14.6 Å². The molecule has 0 aliphatic rings. The number of rotatable bonds is 5. The molecule has 0 amide bonds. The van der Waals surface area contributed by atoms with E-state index in [-0.39, 0.29) is 27.9 Å². The third-order valence-corrected chi connectivity index (χ3v) is 6.00. The predicted octanol–water partition coefficient (Wildman–Crippen LogP) is 3.86. The van der Waals surface area contributed by atoms with Crippen LogP contribution < -0.4 is 0 Å². The summed E-state index contributed by atoms with van der Waals surface area (Å²) in [6.07, 6.45) is 1.08. The Balaban J connectivity index is 2.06. The third-order valence-electron chi connectivity index (χ3n) is 4.89. The molecule has 0 heterocycles. The third kappa shape index (κ3) is 5.81. The second-order valence-electron chi connectivity index (χ2n) is 7.37. The molecule has 34 heavy (non-hydrogen) atoms. The van der Waals surface area contributed by atoms with Crippen molar-refractivity contribution in [2.45, 2.75) is 11.8 Å². The van der Waals surface area contributed by atoms with Gasteiger partial charge in [-0.25, -0.2) is 23.2 Å². The summed E-state index contributed by atoms with van der Waals surface area (Å²) in [5, 5.41) is 18.7. The number of esters is 1. The molecular formula is C25H23N3O5S. The number of phenolic OH excluding ortho intramolecular Hbond substituents is 1. The molecule has 0 bridgehead atoms. The number of aromatic hydroxyl groups is 1. The molecule has 0 aromatic heterocycles. The summed E-state index contributed by atoms with van der Waals surface area (Å²) in [5.74, 6) is -0.511. The van der Waals surface area contributed by atoms with Crippen LogP contribution in [0.3, 0.4) is 0 Å². The number of ether oxygens (including phenoxy) is 1. The van der Waals surface area contributed by atoms with Crippen molar-refractivity contribution < 1.29 is 23.1 Å². The molecule has 0 fully saturated rings.